The molecular weight excluding hydrogens is 408 g/mol. The van der Waals surface area contributed by atoms with Crippen molar-refractivity contribution in [1.29, 1.82) is 0 Å². The number of carbonyl (C=O) groups is 4. The summed E-state index contributed by atoms with van der Waals surface area (Å²) in [4.78, 5) is 47.3. The molecule has 0 bridgehead atoms. The van der Waals surface area contributed by atoms with Crippen molar-refractivity contribution >= 4 is 34.7 Å². The maximum Gasteiger partial charge on any atom is 0.335 e. The third-order valence-electron chi connectivity index (χ3n) is 4.94. The van der Waals surface area contributed by atoms with Crippen molar-refractivity contribution in [2.45, 2.75) is 51.2 Å². The maximum absolute atomic E-state index is 12.3. The van der Waals surface area contributed by atoms with E-state index in [0.29, 0.717) is 11.1 Å². The number of nitrogens with zero attached hydrogens (tertiary/aromatic N) is 1. The first-order valence-electron chi connectivity index (χ1n) is 9.65. The molecule has 2 aromatic rings. The Kier molecular flexibility index (Phi) is 6.59. The first kappa shape index (κ1) is 22.3. The molecule has 0 saturated carbocycles. The molecule has 1 aromatic heterocycles. The summed E-state index contributed by atoms with van der Waals surface area (Å²) in [5, 5.41) is 0.746. The Bertz CT molecular complexity index is 1010. The van der Waals surface area contributed by atoms with Crippen LogP contribution >= 0.6 is 0 Å². The van der Waals surface area contributed by atoms with Gasteiger partial charge in [0.1, 0.15) is 6.10 Å². The minimum atomic E-state index is -1.06. The molecule has 166 valence electrons. The Labute approximate surface area is 178 Å². The highest BCUT2D eigenvalue weighted by atomic mass is 16.6. The number of esters is 3. The average Bonchev–Trinajstić information content (AvgIpc) is 3.05. The number of fused-ring (bicyclic) bond motifs is 1. The molecule has 1 aliphatic rings. The predicted octanol–water partition coefficient (Wildman–Crippen LogP) is 0.993. The third-order valence-corrected chi connectivity index (χ3v) is 4.94. The fourth-order valence-corrected chi connectivity index (χ4v) is 3.81. The van der Waals surface area contributed by atoms with Gasteiger partial charge in [-0.25, -0.2) is 4.79 Å². The van der Waals surface area contributed by atoms with E-state index in [2.05, 4.69) is 0 Å². The Morgan fingerprint density at radius 3 is 2.42 bits per heavy atom. The van der Waals surface area contributed by atoms with E-state index in [9.17, 15) is 19.2 Å². The molecule has 10 nitrogen and oxygen atoms in total. The Morgan fingerprint density at radius 2 is 1.81 bits per heavy atom. The van der Waals surface area contributed by atoms with Gasteiger partial charge in [0.2, 0.25) is 5.91 Å². The number of hydrogen-bond acceptors (Lipinski definition) is 8. The number of ether oxygens (including phenoxy) is 4. The van der Waals surface area contributed by atoms with Crippen LogP contribution in [-0.4, -0.2) is 53.8 Å². The first-order chi connectivity index (χ1) is 14.7. The van der Waals surface area contributed by atoms with Crippen LogP contribution in [-0.2, 0) is 44.5 Å². The largest absolute Gasteiger partial charge is 0.467 e. The molecule has 0 spiro atoms. The fourth-order valence-electron chi connectivity index (χ4n) is 3.81. The van der Waals surface area contributed by atoms with Crippen molar-refractivity contribution in [2.75, 3.05) is 7.11 Å². The van der Waals surface area contributed by atoms with Crippen molar-refractivity contribution in [3.8, 4) is 0 Å². The third kappa shape index (κ3) is 4.85. The molecule has 0 radical (unpaired) electrons. The van der Waals surface area contributed by atoms with Gasteiger partial charge in [-0.2, -0.15) is 0 Å². The van der Waals surface area contributed by atoms with Crippen molar-refractivity contribution < 1.29 is 38.1 Å². The molecule has 3 rings (SSSR count). The summed E-state index contributed by atoms with van der Waals surface area (Å²) in [5.41, 5.74) is 6.68. The van der Waals surface area contributed by atoms with Gasteiger partial charge in [-0.1, -0.05) is 18.2 Å². The van der Waals surface area contributed by atoms with Gasteiger partial charge in [0.05, 0.1) is 19.0 Å². The molecule has 2 N–H and O–H groups in total. The Hall–Kier alpha value is -3.40. The van der Waals surface area contributed by atoms with Crippen molar-refractivity contribution in [2.24, 2.45) is 5.73 Å². The zero-order valence-corrected chi connectivity index (χ0v) is 17.4. The van der Waals surface area contributed by atoms with Gasteiger partial charge in [-0.3, -0.25) is 14.4 Å². The molecule has 1 saturated heterocycles. The molecular formula is C21H24N2O8. The molecule has 2 heterocycles. The molecule has 1 aliphatic heterocycles. The quantitative estimate of drug-likeness (QED) is 0.527. The highest BCUT2D eigenvalue weighted by Crippen LogP contribution is 2.36. The number of rotatable bonds is 6. The van der Waals surface area contributed by atoms with E-state index in [-0.39, 0.29) is 12.8 Å². The van der Waals surface area contributed by atoms with Gasteiger partial charge < -0.3 is 29.2 Å². The van der Waals surface area contributed by atoms with Crippen LogP contribution in [0.2, 0.25) is 0 Å². The molecule has 1 fully saturated rings. The minimum absolute atomic E-state index is 0.0216. The van der Waals surface area contributed by atoms with Crippen LogP contribution in [0.15, 0.2) is 30.5 Å². The Balaban J connectivity index is 2.13. The lowest BCUT2D eigenvalue weighted by Gasteiger charge is -2.40. The number of hydrogen-bond donors (Lipinski definition) is 1. The van der Waals surface area contributed by atoms with E-state index in [1.807, 2.05) is 6.07 Å². The van der Waals surface area contributed by atoms with Crippen molar-refractivity contribution in [3.05, 3.63) is 36.0 Å². The second kappa shape index (κ2) is 9.17. The summed E-state index contributed by atoms with van der Waals surface area (Å²) >= 11 is 0. The maximum atomic E-state index is 12.3. The second-order valence-corrected chi connectivity index (χ2v) is 7.22. The summed E-state index contributed by atoms with van der Waals surface area (Å²) in [6.07, 6.45) is -2.50. The molecule has 0 aliphatic carbocycles. The summed E-state index contributed by atoms with van der Waals surface area (Å²) in [7, 11) is 1.22. The fraction of sp³-hybridized carbons (Fsp3) is 0.429. The van der Waals surface area contributed by atoms with Crippen LogP contribution < -0.4 is 5.73 Å². The number of amides is 1. The topological polar surface area (TPSA) is 136 Å². The van der Waals surface area contributed by atoms with E-state index in [1.165, 1.54) is 21.0 Å². The standard InChI is InChI=1S/C21H24N2O8/c1-11(24)29-16-9-17(21(27)28-3)31-20(19(16)30-12(2)25)23-10-13(8-18(22)26)14-6-4-5-7-15(14)23/h4-7,10,16-17,19-20H,8-9H2,1-3H3,(H2,22,26)/t16-,17-,19-,20-/m0/s1. The normalized spacial score (nSPS) is 23.2. The predicted molar refractivity (Wildman–Crippen MR) is 106 cm³/mol. The summed E-state index contributed by atoms with van der Waals surface area (Å²) in [6, 6.07) is 7.20. The van der Waals surface area contributed by atoms with E-state index in [0.717, 1.165) is 5.39 Å². The molecule has 31 heavy (non-hydrogen) atoms. The van der Waals surface area contributed by atoms with Crippen LogP contribution in [0.1, 0.15) is 32.1 Å². The number of methoxy groups -OCH3 is 1. The van der Waals surface area contributed by atoms with Gasteiger partial charge in [0.25, 0.3) is 0 Å². The number of benzene rings is 1. The van der Waals surface area contributed by atoms with E-state index in [4.69, 9.17) is 24.7 Å². The molecule has 4 atom stereocenters. The average molecular weight is 432 g/mol. The van der Waals surface area contributed by atoms with E-state index >= 15 is 0 Å². The number of aromatic nitrogens is 1. The number of carbonyl (C=O) groups excluding carboxylic acids is 4. The summed E-state index contributed by atoms with van der Waals surface area (Å²) in [6.45, 7) is 2.44. The molecule has 10 heteroatoms. The highest BCUT2D eigenvalue weighted by Gasteiger charge is 2.47. The SMILES string of the molecule is COC(=O)[C@@H]1C[C@H](OC(C)=O)[C@H](OC(C)=O)[C@@H](n2cc(CC(N)=O)c3ccccc32)O1. The summed E-state index contributed by atoms with van der Waals surface area (Å²) in [5.74, 6) is -2.38. The minimum Gasteiger partial charge on any atom is -0.467 e. The van der Waals surface area contributed by atoms with Gasteiger partial charge in [-0.05, 0) is 11.6 Å². The zero-order valence-electron chi connectivity index (χ0n) is 17.4. The Morgan fingerprint density at radius 1 is 1.13 bits per heavy atom. The first-order valence-corrected chi connectivity index (χ1v) is 9.65. The van der Waals surface area contributed by atoms with E-state index in [1.54, 1.807) is 29.0 Å². The second-order valence-electron chi connectivity index (χ2n) is 7.22. The van der Waals surface area contributed by atoms with Gasteiger partial charge in [-0.15, -0.1) is 0 Å². The van der Waals surface area contributed by atoms with Gasteiger partial charge in [0.15, 0.2) is 18.4 Å². The zero-order chi connectivity index (χ0) is 22.7. The number of nitrogens with two attached hydrogens (primary N) is 1. The molecule has 1 aromatic carbocycles. The van der Waals surface area contributed by atoms with Crippen molar-refractivity contribution in [3.63, 3.8) is 0 Å². The molecule has 1 amide bonds. The lowest BCUT2D eigenvalue weighted by atomic mass is 10.0. The van der Waals surface area contributed by atoms with Crippen LogP contribution in [0.5, 0.6) is 0 Å². The van der Waals surface area contributed by atoms with Crippen LogP contribution in [0.3, 0.4) is 0 Å². The van der Waals surface area contributed by atoms with Crippen LogP contribution in [0.25, 0.3) is 10.9 Å². The van der Waals surface area contributed by atoms with Crippen LogP contribution in [0.4, 0.5) is 0 Å². The van der Waals surface area contributed by atoms with Crippen LogP contribution in [0, 0.1) is 0 Å². The number of para-hydroxylation sites is 1. The monoisotopic (exact) mass is 432 g/mol. The highest BCUT2D eigenvalue weighted by molar-refractivity contribution is 5.89. The number of primary amides is 1. The lowest BCUT2D eigenvalue weighted by Crippen LogP contribution is -2.51. The lowest BCUT2D eigenvalue weighted by molar-refractivity contribution is -0.227. The summed E-state index contributed by atoms with van der Waals surface area (Å²) < 4.78 is 23.3. The van der Waals surface area contributed by atoms with Gasteiger partial charge >= 0.3 is 17.9 Å². The van der Waals surface area contributed by atoms with E-state index < -0.39 is 48.4 Å². The molecule has 0 unspecified atom stereocenters. The van der Waals surface area contributed by atoms with Gasteiger partial charge in [0, 0.05) is 31.9 Å². The smallest absolute Gasteiger partial charge is 0.335 e. The van der Waals surface area contributed by atoms with Crippen molar-refractivity contribution in [1.82, 2.24) is 4.57 Å².